The molecule has 0 saturated carbocycles. The van der Waals surface area contributed by atoms with Crippen molar-refractivity contribution in [2.24, 2.45) is 5.92 Å². The first kappa shape index (κ1) is 13.8. The lowest BCUT2D eigenvalue weighted by Gasteiger charge is -2.17. The Kier molecular flexibility index (Phi) is 5.16. The lowest BCUT2D eigenvalue weighted by Crippen LogP contribution is -2.25. The molecule has 1 heterocycles. The molecule has 0 aliphatic carbocycles. The number of furan rings is 1. The summed E-state index contributed by atoms with van der Waals surface area (Å²) in [5.41, 5.74) is 1.95. The molecule has 19 heavy (non-hydrogen) atoms. The summed E-state index contributed by atoms with van der Waals surface area (Å²) in [6, 6.07) is 8.98. The van der Waals surface area contributed by atoms with Gasteiger partial charge in [-0.15, -0.1) is 0 Å². The van der Waals surface area contributed by atoms with Crippen LogP contribution in [0.4, 0.5) is 4.39 Å². The van der Waals surface area contributed by atoms with Crippen LogP contribution in [-0.2, 0) is 12.8 Å². The van der Waals surface area contributed by atoms with Gasteiger partial charge in [-0.3, -0.25) is 0 Å². The standard InChI is InChI=1S/C16H20FNO/c1-2-18-11-14(9-13-7-8-19-12-13)10-15-5-3-4-6-16(15)17/h3-8,12,14,18H,2,9-11H2,1H3. The van der Waals surface area contributed by atoms with Crippen molar-refractivity contribution in [2.45, 2.75) is 19.8 Å². The van der Waals surface area contributed by atoms with E-state index in [9.17, 15) is 4.39 Å². The van der Waals surface area contributed by atoms with Crippen molar-refractivity contribution in [2.75, 3.05) is 13.1 Å². The molecule has 0 aliphatic heterocycles. The van der Waals surface area contributed by atoms with E-state index < -0.39 is 0 Å². The fourth-order valence-corrected chi connectivity index (χ4v) is 2.28. The lowest BCUT2D eigenvalue weighted by atomic mass is 9.93. The highest BCUT2D eigenvalue weighted by molar-refractivity contribution is 5.18. The van der Waals surface area contributed by atoms with Gasteiger partial charge in [0.25, 0.3) is 0 Å². The minimum absolute atomic E-state index is 0.115. The fraction of sp³-hybridized carbons (Fsp3) is 0.375. The summed E-state index contributed by atoms with van der Waals surface area (Å²) in [5.74, 6) is 0.255. The molecule has 0 saturated heterocycles. The van der Waals surface area contributed by atoms with Crippen molar-refractivity contribution in [3.05, 3.63) is 59.8 Å². The van der Waals surface area contributed by atoms with Gasteiger partial charge >= 0.3 is 0 Å². The molecule has 0 aliphatic rings. The van der Waals surface area contributed by atoms with E-state index in [0.29, 0.717) is 5.92 Å². The summed E-state index contributed by atoms with van der Waals surface area (Å²) in [6.45, 7) is 3.90. The van der Waals surface area contributed by atoms with Crippen LogP contribution in [0.15, 0.2) is 47.3 Å². The van der Waals surface area contributed by atoms with Crippen molar-refractivity contribution in [1.82, 2.24) is 5.32 Å². The number of rotatable bonds is 7. The second-order valence-corrected chi connectivity index (χ2v) is 4.80. The van der Waals surface area contributed by atoms with Gasteiger partial charge in [-0.2, -0.15) is 0 Å². The maximum atomic E-state index is 13.7. The molecule has 1 aromatic heterocycles. The SMILES string of the molecule is CCNCC(Cc1ccoc1)Cc1ccccc1F. The van der Waals surface area contributed by atoms with Crippen LogP contribution in [-0.4, -0.2) is 13.1 Å². The maximum Gasteiger partial charge on any atom is 0.126 e. The molecule has 102 valence electrons. The van der Waals surface area contributed by atoms with Crippen LogP contribution in [0, 0.1) is 11.7 Å². The summed E-state index contributed by atoms with van der Waals surface area (Å²) >= 11 is 0. The van der Waals surface area contributed by atoms with E-state index in [1.54, 1.807) is 18.6 Å². The summed E-state index contributed by atoms with van der Waals surface area (Å²) in [7, 11) is 0. The molecule has 0 amide bonds. The first-order valence-electron chi connectivity index (χ1n) is 6.74. The van der Waals surface area contributed by atoms with Gasteiger partial charge in [0.1, 0.15) is 5.82 Å². The Morgan fingerprint density at radius 3 is 2.74 bits per heavy atom. The minimum atomic E-state index is -0.115. The molecule has 2 aromatic rings. The molecular formula is C16H20FNO. The van der Waals surface area contributed by atoms with Crippen LogP contribution in [0.2, 0.25) is 0 Å². The van der Waals surface area contributed by atoms with Crippen LogP contribution in [0.3, 0.4) is 0 Å². The van der Waals surface area contributed by atoms with Gasteiger partial charge in [-0.05, 0) is 55.1 Å². The van der Waals surface area contributed by atoms with E-state index in [4.69, 9.17) is 4.42 Å². The van der Waals surface area contributed by atoms with E-state index in [1.807, 2.05) is 18.2 Å². The van der Waals surface area contributed by atoms with Gasteiger partial charge in [0.2, 0.25) is 0 Å². The van der Waals surface area contributed by atoms with Gasteiger partial charge in [0, 0.05) is 0 Å². The number of hydrogen-bond acceptors (Lipinski definition) is 2. The minimum Gasteiger partial charge on any atom is -0.472 e. The molecule has 0 spiro atoms. The van der Waals surface area contributed by atoms with Gasteiger partial charge in [-0.1, -0.05) is 25.1 Å². The second-order valence-electron chi connectivity index (χ2n) is 4.80. The molecule has 2 rings (SSSR count). The van der Waals surface area contributed by atoms with E-state index in [-0.39, 0.29) is 5.82 Å². The molecule has 3 heteroatoms. The fourth-order valence-electron chi connectivity index (χ4n) is 2.28. The summed E-state index contributed by atoms with van der Waals surface area (Å²) in [6.07, 6.45) is 5.09. The Morgan fingerprint density at radius 2 is 2.05 bits per heavy atom. The Bertz CT molecular complexity index is 481. The number of benzene rings is 1. The van der Waals surface area contributed by atoms with Crippen molar-refractivity contribution in [3.63, 3.8) is 0 Å². The summed E-state index contributed by atoms with van der Waals surface area (Å²) < 4.78 is 18.8. The first-order valence-corrected chi connectivity index (χ1v) is 6.74. The molecule has 1 atom stereocenters. The lowest BCUT2D eigenvalue weighted by molar-refractivity contribution is 0.464. The van der Waals surface area contributed by atoms with Crippen molar-refractivity contribution < 1.29 is 8.81 Å². The zero-order chi connectivity index (χ0) is 13.5. The van der Waals surface area contributed by atoms with Gasteiger partial charge < -0.3 is 9.73 Å². The number of halogens is 1. The van der Waals surface area contributed by atoms with Crippen LogP contribution in [0.5, 0.6) is 0 Å². The van der Waals surface area contributed by atoms with Crippen molar-refractivity contribution in [1.29, 1.82) is 0 Å². The van der Waals surface area contributed by atoms with Crippen LogP contribution >= 0.6 is 0 Å². The predicted octanol–water partition coefficient (Wildman–Crippen LogP) is 3.43. The number of nitrogens with one attached hydrogen (secondary N) is 1. The van der Waals surface area contributed by atoms with E-state index in [1.165, 1.54) is 11.6 Å². The van der Waals surface area contributed by atoms with Crippen LogP contribution < -0.4 is 5.32 Å². The van der Waals surface area contributed by atoms with E-state index in [0.717, 1.165) is 31.5 Å². The zero-order valence-electron chi connectivity index (χ0n) is 11.2. The third kappa shape index (κ3) is 4.21. The predicted molar refractivity (Wildman–Crippen MR) is 74.5 cm³/mol. The summed E-state index contributed by atoms with van der Waals surface area (Å²) in [4.78, 5) is 0. The quantitative estimate of drug-likeness (QED) is 0.826. The largest absolute Gasteiger partial charge is 0.472 e. The Morgan fingerprint density at radius 1 is 1.21 bits per heavy atom. The average molecular weight is 261 g/mol. The molecule has 1 unspecified atom stereocenters. The highest BCUT2D eigenvalue weighted by Gasteiger charge is 2.13. The van der Waals surface area contributed by atoms with Gasteiger partial charge in [0.05, 0.1) is 12.5 Å². The van der Waals surface area contributed by atoms with Crippen molar-refractivity contribution >= 4 is 0 Å². The molecular weight excluding hydrogens is 241 g/mol. The molecule has 2 nitrogen and oxygen atoms in total. The van der Waals surface area contributed by atoms with E-state index >= 15 is 0 Å². The monoisotopic (exact) mass is 261 g/mol. The zero-order valence-corrected chi connectivity index (χ0v) is 11.2. The van der Waals surface area contributed by atoms with Crippen molar-refractivity contribution in [3.8, 4) is 0 Å². The first-order chi connectivity index (χ1) is 9.29. The van der Waals surface area contributed by atoms with Crippen LogP contribution in [0.1, 0.15) is 18.1 Å². The third-order valence-electron chi connectivity index (χ3n) is 3.25. The third-order valence-corrected chi connectivity index (χ3v) is 3.25. The molecule has 1 N–H and O–H groups in total. The van der Waals surface area contributed by atoms with Crippen LogP contribution in [0.25, 0.3) is 0 Å². The Labute approximate surface area is 113 Å². The smallest absolute Gasteiger partial charge is 0.126 e. The molecule has 0 bridgehead atoms. The maximum absolute atomic E-state index is 13.7. The van der Waals surface area contributed by atoms with Gasteiger partial charge in [0.15, 0.2) is 0 Å². The Hall–Kier alpha value is -1.61. The average Bonchev–Trinajstić information content (AvgIpc) is 2.91. The topological polar surface area (TPSA) is 25.2 Å². The number of hydrogen-bond donors (Lipinski definition) is 1. The highest BCUT2D eigenvalue weighted by Crippen LogP contribution is 2.17. The second kappa shape index (κ2) is 7.10. The normalized spacial score (nSPS) is 12.5. The van der Waals surface area contributed by atoms with Gasteiger partial charge in [-0.25, -0.2) is 4.39 Å². The molecule has 1 aromatic carbocycles. The summed E-state index contributed by atoms with van der Waals surface area (Å²) in [5, 5.41) is 3.35. The van der Waals surface area contributed by atoms with E-state index in [2.05, 4.69) is 12.2 Å². The molecule has 0 fully saturated rings. The molecule has 0 radical (unpaired) electrons. The Balaban J connectivity index is 2.03. The highest BCUT2D eigenvalue weighted by atomic mass is 19.1.